The summed E-state index contributed by atoms with van der Waals surface area (Å²) in [5, 5.41) is 2.27. The average Bonchev–Trinajstić information content (AvgIpc) is 3.49. The van der Waals surface area contributed by atoms with Gasteiger partial charge in [0.05, 0.1) is 28.4 Å². The van der Waals surface area contributed by atoms with E-state index in [1.807, 2.05) is 48.2 Å². The molecule has 5 nitrogen and oxygen atoms in total. The summed E-state index contributed by atoms with van der Waals surface area (Å²) >= 11 is 1.82. The Morgan fingerprint density at radius 1 is 0.593 bits per heavy atom. The van der Waals surface area contributed by atoms with Gasteiger partial charge in [-0.05, 0) is 143 Å². The summed E-state index contributed by atoms with van der Waals surface area (Å²) < 4.78 is 30.8. The number of methoxy groups -OCH3 is 4. The molecule has 0 unspecified atom stereocenters. The van der Waals surface area contributed by atoms with Crippen LogP contribution < -0.4 is 23.7 Å². The van der Waals surface area contributed by atoms with E-state index in [4.69, 9.17) is 23.7 Å². The Labute approximate surface area is 353 Å². The Kier molecular flexibility index (Phi) is 9.39. The molecule has 0 aromatic heterocycles. The van der Waals surface area contributed by atoms with Crippen LogP contribution in [0.2, 0.25) is 0 Å². The van der Waals surface area contributed by atoms with Crippen LogP contribution in [0, 0.1) is 17.8 Å². The Hall–Kier alpha value is -5.33. The van der Waals surface area contributed by atoms with Crippen molar-refractivity contribution in [3.8, 4) is 51.0 Å². The highest BCUT2D eigenvalue weighted by molar-refractivity contribution is 7.98. The van der Waals surface area contributed by atoms with Crippen molar-refractivity contribution in [1.82, 2.24) is 0 Å². The number of ether oxygens (including phenoxy) is 5. The van der Waals surface area contributed by atoms with Gasteiger partial charge in [-0.3, -0.25) is 0 Å². The molecule has 1 fully saturated rings. The highest BCUT2D eigenvalue weighted by atomic mass is 32.2. The standard InChI is InChI=1S/C53H54O5S/c1-32-25-43-44(28-42(32)39-21-19-37(56-8)26-46(39)57-9)49-41(23-24-53(58-49,33-11-15-35(54-6)16-12-33)34-13-17-36(55-7)18-14-34)48-47(43)40-22-20-38(59-10)27-45(40)52(48)30-50(2,3)29-51(4,5)31-52/h11-28H,29-31H2,1-10H3. The zero-order valence-corrected chi connectivity index (χ0v) is 36.8. The van der Waals surface area contributed by atoms with Crippen LogP contribution >= 0.6 is 11.8 Å². The predicted octanol–water partition coefficient (Wildman–Crippen LogP) is 13.4. The third kappa shape index (κ3) is 6.20. The van der Waals surface area contributed by atoms with Gasteiger partial charge in [0.25, 0.3) is 0 Å². The van der Waals surface area contributed by atoms with Crippen molar-refractivity contribution >= 4 is 28.6 Å². The third-order valence-corrected chi connectivity index (χ3v) is 13.9. The molecular formula is C53H54O5S. The summed E-state index contributed by atoms with van der Waals surface area (Å²) in [7, 11) is 6.82. The van der Waals surface area contributed by atoms with Crippen LogP contribution in [0.15, 0.2) is 108 Å². The number of rotatable bonds is 8. The SMILES string of the molecule is COc1ccc(C2(c3ccc(OC)cc3)C=Cc3c4c(c5cc(C)c(-c6ccc(OC)cc6OC)cc5c3O2)-c2ccc(SC)cc2C42CC(C)(C)CC(C)(C)C2)cc1. The maximum absolute atomic E-state index is 7.86. The second kappa shape index (κ2) is 14.2. The molecule has 6 aromatic rings. The lowest BCUT2D eigenvalue weighted by Crippen LogP contribution is -2.44. The number of fused-ring (bicyclic) bond motifs is 10. The van der Waals surface area contributed by atoms with E-state index >= 15 is 0 Å². The normalized spacial score (nSPS) is 17.5. The summed E-state index contributed by atoms with van der Waals surface area (Å²) in [5.41, 5.74) is 11.0. The van der Waals surface area contributed by atoms with E-state index in [9.17, 15) is 0 Å². The van der Waals surface area contributed by atoms with Crippen molar-refractivity contribution in [3.63, 3.8) is 0 Å². The lowest BCUT2D eigenvalue weighted by atomic mass is 9.52. The number of hydrogen-bond donors (Lipinski definition) is 0. The maximum Gasteiger partial charge on any atom is 0.178 e. The molecule has 1 heterocycles. The second-order valence-corrected chi connectivity index (χ2v) is 19.1. The molecule has 59 heavy (non-hydrogen) atoms. The van der Waals surface area contributed by atoms with Gasteiger partial charge in [0.1, 0.15) is 28.7 Å². The van der Waals surface area contributed by atoms with E-state index in [2.05, 4.69) is 114 Å². The number of benzene rings is 6. The largest absolute Gasteiger partial charge is 0.497 e. The van der Waals surface area contributed by atoms with Crippen LogP contribution in [0.25, 0.3) is 39.1 Å². The zero-order valence-electron chi connectivity index (χ0n) is 36.0. The fraction of sp³-hybridized carbons (Fsp3) is 0.321. The van der Waals surface area contributed by atoms with Crippen LogP contribution in [0.1, 0.15) is 80.3 Å². The number of thioether (sulfide) groups is 1. The molecule has 0 N–H and O–H groups in total. The molecule has 1 aliphatic heterocycles. The van der Waals surface area contributed by atoms with Crippen LogP contribution in [-0.4, -0.2) is 34.7 Å². The van der Waals surface area contributed by atoms with Gasteiger partial charge in [0, 0.05) is 44.0 Å². The molecule has 0 amide bonds. The van der Waals surface area contributed by atoms with Crippen LogP contribution in [0.4, 0.5) is 0 Å². The first kappa shape index (κ1) is 39.1. The summed E-state index contributed by atoms with van der Waals surface area (Å²) in [5.74, 6) is 3.99. The molecular weight excluding hydrogens is 749 g/mol. The van der Waals surface area contributed by atoms with Crippen molar-refractivity contribution in [3.05, 3.63) is 137 Å². The van der Waals surface area contributed by atoms with Gasteiger partial charge < -0.3 is 23.7 Å². The molecule has 0 radical (unpaired) electrons. The van der Waals surface area contributed by atoms with Gasteiger partial charge in [-0.15, -0.1) is 11.8 Å². The Morgan fingerprint density at radius 3 is 1.76 bits per heavy atom. The summed E-state index contributed by atoms with van der Waals surface area (Å²) in [6, 6.07) is 34.6. The zero-order chi connectivity index (χ0) is 41.5. The van der Waals surface area contributed by atoms with E-state index in [0.29, 0.717) is 0 Å². The highest BCUT2D eigenvalue weighted by Crippen LogP contribution is 2.67. The molecule has 3 aliphatic rings. The van der Waals surface area contributed by atoms with E-state index in [-0.39, 0.29) is 16.2 Å². The van der Waals surface area contributed by atoms with Gasteiger partial charge in [0.15, 0.2) is 5.60 Å². The highest BCUT2D eigenvalue weighted by Gasteiger charge is 2.55. The van der Waals surface area contributed by atoms with Crippen molar-refractivity contribution in [2.45, 2.75) is 69.8 Å². The van der Waals surface area contributed by atoms with Crippen molar-refractivity contribution in [2.24, 2.45) is 10.8 Å². The lowest BCUT2D eigenvalue weighted by Gasteiger charge is -2.52. The first-order valence-electron chi connectivity index (χ1n) is 20.5. The molecule has 1 spiro atoms. The smallest absolute Gasteiger partial charge is 0.178 e. The Bertz CT molecular complexity index is 2590. The molecule has 2 aliphatic carbocycles. The fourth-order valence-electron chi connectivity index (χ4n) is 11.4. The summed E-state index contributed by atoms with van der Waals surface area (Å²) in [4.78, 5) is 1.30. The molecule has 0 atom stereocenters. The first-order chi connectivity index (χ1) is 28.3. The third-order valence-electron chi connectivity index (χ3n) is 13.1. The first-order valence-corrected chi connectivity index (χ1v) is 21.8. The van der Waals surface area contributed by atoms with E-state index < -0.39 is 5.60 Å². The molecule has 6 heteroatoms. The molecule has 6 aromatic carbocycles. The van der Waals surface area contributed by atoms with Crippen LogP contribution in [0.5, 0.6) is 28.7 Å². The van der Waals surface area contributed by atoms with Gasteiger partial charge in [-0.1, -0.05) is 70.2 Å². The van der Waals surface area contributed by atoms with Crippen molar-refractivity contribution in [2.75, 3.05) is 34.7 Å². The minimum atomic E-state index is -0.953. The molecule has 9 rings (SSSR count). The molecule has 302 valence electrons. The van der Waals surface area contributed by atoms with Crippen LogP contribution in [0.3, 0.4) is 0 Å². The number of aryl methyl sites for hydroxylation is 1. The van der Waals surface area contributed by atoms with Gasteiger partial charge in [-0.25, -0.2) is 0 Å². The van der Waals surface area contributed by atoms with Crippen LogP contribution in [-0.2, 0) is 11.0 Å². The molecule has 0 saturated heterocycles. The van der Waals surface area contributed by atoms with Gasteiger partial charge in [0.2, 0.25) is 0 Å². The topological polar surface area (TPSA) is 46.2 Å². The second-order valence-electron chi connectivity index (χ2n) is 18.3. The summed E-state index contributed by atoms with van der Waals surface area (Å²) in [6.45, 7) is 12.1. The van der Waals surface area contributed by atoms with Gasteiger partial charge >= 0.3 is 0 Å². The Morgan fingerprint density at radius 2 is 1.19 bits per heavy atom. The predicted molar refractivity (Wildman–Crippen MR) is 243 cm³/mol. The van der Waals surface area contributed by atoms with E-state index in [1.54, 1.807) is 28.4 Å². The monoisotopic (exact) mass is 802 g/mol. The fourth-order valence-corrected chi connectivity index (χ4v) is 11.9. The minimum absolute atomic E-state index is 0.109. The number of hydrogen-bond acceptors (Lipinski definition) is 6. The molecule has 0 bridgehead atoms. The maximum atomic E-state index is 7.86. The molecule has 1 saturated carbocycles. The summed E-state index contributed by atoms with van der Waals surface area (Å²) in [6.07, 6.45) is 10.1. The lowest BCUT2D eigenvalue weighted by molar-refractivity contribution is 0.0641. The Balaban J connectivity index is 1.41. The van der Waals surface area contributed by atoms with Crippen molar-refractivity contribution < 1.29 is 23.7 Å². The van der Waals surface area contributed by atoms with Gasteiger partial charge in [-0.2, -0.15) is 0 Å². The quantitative estimate of drug-likeness (QED) is 0.143. The van der Waals surface area contributed by atoms with E-state index in [1.165, 1.54) is 44.5 Å². The average molecular weight is 803 g/mol. The van der Waals surface area contributed by atoms with E-state index in [0.717, 1.165) is 74.8 Å². The van der Waals surface area contributed by atoms with Crippen molar-refractivity contribution in [1.29, 1.82) is 0 Å². The minimum Gasteiger partial charge on any atom is -0.497 e.